The molecule has 140 valence electrons. The van der Waals surface area contributed by atoms with Gasteiger partial charge in [0.2, 0.25) is 0 Å². The third-order valence-corrected chi connectivity index (χ3v) is 4.57. The highest BCUT2D eigenvalue weighted by Gasteiger charge is 2.25. The van der Waals surface area contributed by atoms with Crippen LogP contribution < -0.4 is 4.74 Å². The Hall–Kier alpha value is -2.33. The second kappa shape index (κ2) is 9.39. The highest BCUT2D eigenvalue weighted by molar-refractivity contribution is 5.94. The molecule has 4 heteroatoms. The summed E-state index contributed by atoms with van der Waals surface area (Å²) in [6.07, 6.45) is 0.230. The molecule has 0 aromatic heterocycles. The fourth-order valence-electron chi connectivity index (χ4n) is 2.66. The molecule has 2 atom stereocenters. The number of aliphatic hydroxyl groups is 1. The number of benzene rings is 2. The summed E-state index contributed by atoms with van der Waals surface area (Å²) in [6.45, 7) is 6.78. The summed E-state index contributed by atoms with van der Waals surface area (Å²) >= 11 is 0. The Kier molecular flexibility index (Phi) is 7.22. The molecule has 2 rings (SSSR count). The van der Waals surface area contributed by atoms with E-state index in [1.807, 2.05) is 49.4 Å². The third-order valence-electron chi connectivity index (χ3n) is 4.57. The largest absolute Gasteiger partial charge is 0.494 e. The van der Waals surface area contributed by atoms with Gasteiger partial charge < -0.3 is 14.7 Å². The van der Waals surface area contributed by atoms with Gasteiger partial charge >= 0.3 is 0 Å². The lowest BCUT2D eigenvalue weighted by Gasteiger charge is -2.29. The molecule has 0 radical (unpaired) electrons. The summed E-state index contributed by atoms with van der Waals surface area (Å²) in [5.74, 6) is 1.13. The van der Waals surface area contributed by atoms with Crippen molar-refractivity contribution in [3.05, 3.63) is 65.7 Å². The second-order valence-electron chi connectivity index (χ2n) is 7.07. The molecular weight excluding hydrogens is 326 g/mol. The van der Waals surface area contributed by atoms with Crippen LogP contribution in [-0.4, -0.2) is 35.6 Å². The van der Waals surface area contributed by atoms with Crippen LogP contribution in [0, 0.1) is 5.92 Å². The van der Waals surface area contributed by atoms with Crippen molar-refractivity contribution in [1.82, 2.24) is 4.90 Å². The van der Waals surface area contributed by atoms with E-state index in [0.29, 0.717) is 23.8 Å². The average Bonchev–Trinajstić information content (AvgIpc) is 2.66. The molecule has 0 bridgehead atoms. The maximum atomic E-state index is 12.8. The van der Waals surface area contributed by atoms with Gasteiger partial charge in [0.05, 0.1) is 18.8 Å². The smallest absolute Gasteiger partial charge is 0.254 e. The number of ether oxygens (including phenoxy) is 1. The molecule has 0 aliphatic rings. The lowest BCUT2D eigenvalue weighted by molar-refractivity contribution is 0.0486. The first kappa shape index (κ1) is 20.0. The van der Waals surface area contributed by atoms with Gasteiger partial charge in [0.15, 0.2) is 0 Å². The Morgan fingerprint density at radius 1 is 1.08 bits per heavy atom. The molecule has 2 aromatic carbocycles. The van der Waals surface area contributed by atoms with E-state index in [9.17, 15) is 9.90 Å². The Morgan fingerprint density at radius 2 is 1.77 bits per heavy atom. The van der Waals surface area contributed by atoms with Gasteiger partial charge in [-0.05, 0) is 43.0 Å². The van der Waals surface area contributed by atoms with Crippen molar-refractivity contribution in [2.45, 2.75) is 39.3 Å². The van der Waals surface area contributed by atoms with Crippen molar-refractivity contribution < 1.29 is 14.6 Å². The van der Waals surface area contributed by atoms with E-state index in [2.05, 4.69) is 13.8 Å². The van der Waals surface area contributed by atoms with E-state index in [0.717, 1.165) is 12.0 Å². The maximum absolute atomic E-state index is 12.8. The van der Waals surface area contributed by atoms with Crippen molar-refractivity contribution in [1.29, 1.82) is 0 Å². The molecule has 4 nitrogen and oxygen atoms in total. The SMILES string of the molecule is CC(C)CCOc1cccc(C(=O)N(C)C(C)C(O)c2ccccc2)c1. The van der Waals surface area contributed by atoms with Crippen molar-refractivity contribution in [2.75, 3.05) is 13.7 Å². The number of amides is 1. The molecule has 2 aromatic rings. The molecular formula is C22H29NO3. The van der Waals surface area contributed by atoms with E-state index in [1.54, 1.807) is 24.1 Å². The molecule has 0 saturated carbocycles. The van der Waals surface area contributed by atoms with Crippen LogP contribution >= 0.6 is 0 Å². The number of carbonyl (C=O) groups is 1. The standard InChI is InChI=1S/C22H29NO3/c1-16(2)13-14-26-20-12-8-11-19(15-20)22(25)23(4)17(3)21(24)18-9-6-5-7-10-18/h5-12,15-17,21,24H,13-14H2,1-4H3. The number of rotatable bonds is 8. The van der Waals surface area contributed by atoms with Crippen LogP contribution in [0.15, 0.2) is 54.6 Å². The normalized spacial score (nSPS) is 13.3. The minimum Gasteiger partial charge on any atom is -0.494 e. The Bertz CT molecular complexity index is 700. The number of hydrogen-bond donors (Lipinski definition) is 1. The quantitative estimate of drug-likeness (QED) is 0.768. The number of likely N-dealkylation sites (N-methyl/N-ethyl adjacent to an activating group) is 1. The fraction of sp³-hybridized carbons (Fsp3) is 0.409. The first-order chi connectivity index (χ1) is 12.4. The maximum Gasteiger partial charge on any atom is 0.254 e. The van der Waals surface area contributed by atoms with Crippen molar-refractivity contribution in [3.63, 3.8) is 0 Å². The molecule has 0 heterocycles. The van der Waals surface area contributed by atoms with Gasteiger partial charge in [-0.2, -0.15) is 0 Å². The minimum atomic E-state index is -0.740. The zero-order chi connectivity index (χ0) is 19.1. The van der Waals surface area contributed by atoms with Crippen LogP contribution in [0.3, 0.4) is 0 Å². The van der Waals surface area contributed by atoms with Crippen molar-refractivity contribution >= 4 is 5.91 Å². The number of carbonyl (C=O) groups excluding carboxylic acids is 1. The number of aliphatic hydroxyl groups excluding tert-OH is 1. The van der Waals surface area contributed by atoms with E-state index in [-0.39, 0.29) is 11.9 Å². The molecule has 2 unspecified atom stereocenters. The highest BCUT2D eigenvalue weighted by Crippen LogP contribution is 2.22. The highest BCUT2D eigenvalue weighted by atomic mass is 16.5. The molecule has 26 heavy (non-hydrogen) atoms. The van der Waals surface area contributed by atoms with Crippen molar-refractivity contribution in [2.24, 2.45) is 5.92 Å². The fourth-order valence-corrected chi connectivity index (χ4v) is 2.66. The zero-order valence-corrected chi connectivity index (χ0v) is 16.1. The number of hydrogen-bond acceptors (Lipinski definition) is 3. The molecule has 0 aliphatic carbocycles. The molecule has 0 spiro atoms. The van der Waals surface area contributed by atoms with Gasteiger partial charge in [-0.25, -0.2) is 0 Å². The van der Waals surface area contributed by atoms with Gasteiger partial charge in [0.1, 0.15) is 5.75 Å². The Balaban J connectivity index is 2.05. The van der Waals surface area contributed by atoms with Gasteiger partial charge in [0, 0.05) is 12.6 Å². The van der Waals surface area contributed by atoms with E-state index in [1.165, 1.54) is 0 Å². The third kappa shape index (κ3) is 5.33. The average molecular weight is 355 g/mol. The van der Waals surface area contributed by atoms with Gasteiger partial charge in [-0.3, -0.25) is 4.79 Å². The van der Waals surface area contributed by atoms with Crippen LogP contribution in [0.4, 0.5) is 0 Å². The van der Waals surface area contributed by atoms with Crippen molar-refractivity contribution in [3.8, 4) is 5.75 Å². The molecule has 0 aliphatic heterocycles. The van der Waals surface area contributed by atoms with E-state index in [4.69, 9.17) is 4.74 Å². The topological polar surface area (TPSA) is 49.8 Å². The predicted molar refractivity (Wildman–Crippen MR) is 104 cm³/mol. The summed E-state index contributed by atoms with van der Waals surface area (Å²) in [5.41, 5.74) is 1.35. The summed E-state index contributed by atoms with van der Waals surface area (Å²) in [4.78, 5) is 14.4. The van der Waals surface area contributed by atoms with E-state index >= 15 is 0 Å². The lowest BCUT2D eigenvalue weighted by Crippen LogP contribution is -2.39. The molecule has 1 amide bonds. The minimum absolute atomic E-state index is 0.137. The molecule has 0 fully saturated rings. The van der Waals surface area contributed by atoms with Crippen LogP contribution in [0.2, 0.25) is 0 Å². The summed E-state index contributed by atoms with van der Waals surface area (Å²) < 4.78 is 5.74. The Morgan fingerprint density at radius 3 is 2.42 bits per heavy atom. The molecule has 1 N–H and O–H groups in total. The lowest BCUT2D eigenvalue weighted by atomic mass is 10.0. The summed E-state index contributed by atoms with van der Waals surface area (Å²) in [5, 5.41) is 10.6. The van der Waals surface area contributed by atoms with Gasteiger partial charge in [0.25, 0.3) is 5.91 Å². The van der Waals surface area contributed by atoms with Crippen LogP contribution in [-0.2, 0) is 0 Å². The second-order valence-corrected chi connectivity index (χ2v) is 7.07. The van der Waals surface area contributed by atoms with Gasteiger partial charge in [-0.15, -0.1) is 0 Å². The van der Waals surface area contributed by atoms with Gasteiger partial charge in [-0.1, -0.05) is 50.2 Å². The zero-order valence-electron chi connectivity index (χ0n) is 16.1. The monoisotopic (exact) mass is 355 g/mol. The predicted octanol–water partition coefficient (Wildman–Crippen LogP) is 4.31. The first-order valence-electron chi connectivity index (χ1n) is 9.13. The van der Waals surface area contributed by atoms with Crippen LogP contribution in [0.1, 0.15) is 49.2 Å². The Labute approximate surface area is 156 Å². The summed E-state index contributed by atoms with van der Waals surface area (Å²) in [7, 11) is 1.71. The van der Waals surface area contributed by atoms with E-state index < -0.39 is 6.10 Å². The first-order valence-corrected chi connectivity index (χ1v) is 9.13. The number of nitrogens with zero attached hydrogens (tertiary/aromatic N) is 1. The summed E-state index contributed by atoms with van der Waals surface area (Å²) in [6, 6.07) is 16.3. The molecule has 0 saturated heterocycles. The van der Waals surface area contributed by atoms with Crippen LogP contribution in [0.25, 0.3) is 0 Å². The van der Waals surface area contributed by atoms with Crippen LogP contribution in [0.5, 0.6) is 5.75 Å².